The van der Waals surface area contributed by atoms with Gasteiger partial charge in [-0.2, -0.15) is 5.26 Å². The maximum Gasteiger partial charge on any atom is 0.280 e. The van der Waals surface area contributed by atoms with Gasteiger partial charge in [-0.05, 0) is 12.1 Å². The van der Waals surface area contributed by atoms with Gasteiger partial charge in [-0.15, -0.1) is 0 Å². The first kappa shape index (κ1) is 10.3. The number of benzene rings is 1. The predicted molar refractivity (Wildman–Crippen MR) is 62.4 cm³/mol. The first-order chi connectivity index (χ1) is 8.70. The van der Waals surface area contributed by atoms with Crippen molar-refractivity contribution < 1.29 is 0 Å². The van der Waals surface area contributed by atoms with Crippen molar-refractivity contribution in [2.24, 2.45) is 0 Å². The van der Waals surface area contributed by atoms with Crippen LogP contribution in [0, 0.1) is 21.8 Å². The Morgan fingerprint density at radius 3 is 2.78 bits per heavy atom. The summed E-state index contributed by atoms with van der Waals surface area (Å²) >= 11 is 0. The molecule has 0 spiro atoms. The summed E-state index contributed by atoms with van der Waals surface area (Å²) in [4.78, 5) is 30.6. The highest BCUT2D eigenvalue weighted by molar-refractivity contribution is 5.62. The van der Waals surface area contributed by atoms with Gasteiger partial charge in [0.2, 0.25) is 0 Å². The predicted octanol–water partition coefficient (Wildman–Crippen LogP) is 0.336. The third-order valence-electron chi connectivity index (χ3n) is 2.74. The molecule has 0 radical (unpaired) electrons. The molecule has 2 aliphatic rings. The molecule has 5 nitrogen and oxygen atoms in total. The van der Waals surface area contributed by atoms with Crippen LogP contribution in [-0.4, -0.2) is 9.97 Å². The van der Waals surface area contributed by atoms with Gasteiger partial charge in [0.25, 0.3) is 11.1 Å². The Kier molecular flexibility index (Phi) is 2.04. The van der Waals surface area contributed by atoms with Crippen molar-refractivity contribution in [1.29, 1.82) is 5.26 Å². The number of aromatic nitrogens is 2. The standard InChI is InChI=1S/C13H5N3O2/c14-5-7-2-1-3-8(4-7)11-10-9(12(17)16-11)6-15-13(10)18/h1-4,6H. The van der Waals surface area contributed by atoms with E-state index in [2.05, 4.69) is 9.97 Å². The third kappa shape index (κ3) is 1.33. The minimum atomic E-state index is -0.461. The molecule has 1 aromatic rings. The van der Waals surface area contributed by atoms with Crippen molar-refractivity contribution in [3.8, 4) is 17.3 Å². The smallest absolute Gasteiger partial charge is 0.267 e. The molecule has 0 atom stereocenters. The van der Waals surface area contributed by atoms with Gasteiger partial charge in [0.05, 0.1) is 27.8 Å². The first-order valence-electron chi connectivity index (χ1n) is 5.17. The largest absolute Gasteiger partial charge is 0.280 e. The molecule has 0 saturated heterocycles. The van der Waals surface area contributed by atoms with Gasteiger partial charge in [0, 0.05) is 11.8 Å². The Labute approximate surface area is 100 Å². The Hall–Kier alpha value is -2.87. The quantitative estimate of drug-likeness (QED) is 0.607. The fraction of sp³-hybridized carbons (Fsp3) is 0. The highest BCUT2D eigenvalue weighted by atomic mass is 16.1. The Balaban J connectivity index is 2.42. The van der Waals surface area contributed by atoms with Crippen LogP contribution < -0.4 is 11.1 Å². The van der Waals surface area contributed by atoms with Crippen LogP contribution in [0.1, 0.15) is 5.56 Å². The molecule has 0 aliphatic carbocycles. The maximum absolute atomic E-state index is 11.6. The van der Waals surface area contributed by atoms with E-state index in [1.165, 1.54) is 6.20 Å². The summed E-state index contributed by atoms with van der Waals surface area (Å²) in [6.45, 7) is 0. The van der Waals surface area contributed by atoms with Gasteiger partial charge in [0.15, 0.2) is 0 Å². The van der Waals surface area contributed by atoms with Crippen LogP contribution in [0.25, 0.3) is 11.3 Å². The fourth-order valence-electron chi connectivity index (χ4n) is 1.92. The zero-order valence-electron chi connectivity index (χ0n) is 9.04. The van der Waals surface area contributed by atoms with Gasteiger partial charge >= 0.3 is 0 Å². The van der Waals surface area contributed by atoms with Crippen LogP contribution in [0.2, 0.25) is 0 Å². The summed E-state index contributed by atoms with van der Waals surface area (Å²) in [6, 6.07) is 8.62. The van der Waals surface area contributed by atoms with Gasteiger partial charge in [-0.1, -0.05) is 12.1 Å². The average Bonchev–Trinajstić information content (AvgIpc) is 2.92. The molecule has 84 valence electrons. The Morgan fingerprint density at radius 1 is 1.17 bits per heavy atom. The lowest BCUT2D eigenvalue weighted by Crippen LogP contribution is -2.02. The number of hydrogen-bond acceptors (Lipinski definition) is 5. The van der Waals surface area contributed by atoms with E-state index in [0.29, 0.717) is 16.8 Å². The zero-order chi connectivity index (χ0) is 12.7. The average molecular weight is 235 g/mol. The first-order valence-corrected chi connectivity index (χ1v) is 5.17. The number of nitriles is 1. The maximum atomic E-state index is 11.6. The van der Waals surface area contributed by atoms with Gasteiger partial charge in [0.1, 0.15) is 0 Å². The molecule has 0 bridgehead atoms. The van der Waals surface area contributed by atoms with Gasteiger partial charge < -0.3 is 0 Å². The number of hydrogen-bond donors (Lipinski definition) is 0. The monoisotopic (exact) mass is 235 g/mol. The summed E-state index contributed by atoms with van der Waals surface area (Å²) in [6.07, 6.45) is 1.24. The normalized spacial score (nSPS) is 10.6. The van der Waals surface area contributed by atoms with Crippen molar-refractivity contribution in [3.63, 3.8) is 0 Å². The summed E-state index contributed by atoms with van der Waals surface area (Å²) in [5.74, 6) is 0. The molecule has 18 heavy (non-hydrogen) atoms. The van der Waals surface area contributed by atoms with Crippen molar-refractivity contribution in [3.05, 3.63) is 67.2 Å². The summed E-state index contributed by atoms with van der Waals surface area (Å²) in [5.41, 5.74) is 0.401. The second-order valence-corrected chi connectivity index (χ2v) is 3.81. The van der Waals surface area contributed by atoms with E-state index >= 15 is 0 Å². The summed E-state index contributed by atoms with van der Waals surface area (Å²) in [5, 5.41) is 9.30. The second-order valence-electron chi connectivity index (χ2n) is 3.81. The highest BCUT2D eigenvalue weighted by Gasteiger charge is 2.13. The molecule has 0 fully saturated rings. The highest BCUT2D eigenvalue weighted by Crippen LogP contribution is 2.18. The topological polar surface area (TPSA) is 83.7 Å². The van der Waals surface area contributed by atoms with Crippen LogP contribution in [0.3, 0.4) is 0 Å². The van der Waals surface area contributed by atoms with Gasteiger partial charge in [-0.3, -0.25) is 9.59 Å². The zero-order valence-corrected chi connectivity index (χ0v) is 9.04. The third-order valence-corrected chi connectivity index (χ3v) is 2.74. The van der Waals surface area contributed by atoms with Crippen molar-refractivity contribution >= 4 is 0 Å². The molecule has 2 aliphatic heterocycles. The van der Waals surface area contributed by atoms with Gasteiger partial charge in [-0.25, -0.2) is 9.97 Å². The molecule has 0 unspecified atom stereocenters. The molecule has 2 heterocycles. The summed E-state index contributed by atoms with van der Waals surface area (Å²) < 4.78 is 0. The minimum absolute atomic E-state index is 0.232. The SMILES string of the molecule is N#Cc1cccc(-c2nc(=O)c3cnc(=O)c2=3)c1. The second kappa shape index (κ2) is 3.57. The number of rotatable bonds is 1. The summed E-state index contributed by atoms with van der Waals surface area (Å²) in [7, 11) is 0. The van der Waals surface area contributed by atoms with Crippen LogP contribution in [0.15, 0.2) is 40.1 Å². The molecule has 1 aromatic carbocycles. The van der Waals surface area contributed by atoms with E-state index in [-0.39, 0.29) is 10.4 Å². The molecule has 0 aromatic heterocycles. The Morgan fingerprint density at radius 2 is 2.00 bits per heavy atom. The van der Waals surface area contributed by atoms with Crippen molar-refractivity contribution in [1.82, 2.24) is 9.97 Å². The van der Waals surface area contributed by atoms with Crippen LogP contribution in [-0.2, 0) is 0 Å². The molecule has 0 amide bonds. The number of nitrogens with zero attached hydrogens (tertiary/aromatic N) is 3. The molecular formula is C13H5N3O2. The van der Waals surface area contributed by atoms with E-state index < -0.39 is 11.1 Å². The lowest BCUT2D eigenvalue weighted by molar-refractivity contribution is 1.23. The van der Waals surface area contributed by atoms with E-state index in [1.54, 1.807) is 24.3 Å². The molecular weight excluding hydrogens is 230 g/mol. The minimum Gasteiger partial charge on any atom is -0.267 e. The lowest BCUT2D eigenvalue weighted by atomic mass is 10.1. The van der Waals surface area contributed by atoms with E-state index in [0.717, 1.165) is 0 Å². The molecule has 3 rings (SSSR count). The molecule has 5 heteroatoms. The molecule has 0 saturated carbocycles. The lowest BCUT2D eigenvalue weighted by Gasteiger charge is -1.96. The van der Waals surface area contributed by atoms with Crippen LogP contribution in [0.4, 0.5) is 0 Å². The van der Waals surface area contributed by atoms with E-state index in [4.69, 9.17) is 5.26 Å². The van der Waals surface area contributed by atoms with E-state index in [9.17, 15) is 9.59 Å². The fourth-order valence-corrected chi connectivity index (χ4v) is 1.92. The van der Waals surface area contributed by atoms with Crippen molar-refractivity contribution in [2.45, 2.75) is 0 Å². The van der Waals surface area contributed by atoms with Crippen molar-refractivity contribution in [2.75, 3.05) is 0 Å². The Bertz CT molecular complexity index is 928. The van der Waals surface area contributed by atoms with Crippen LogP contribution in [0.5, 0.6) is 0 Å². The van der Waals surface area contributed by atoms with Crippen LogP contribution >= 0.6 is 0 Å². The van der Waals surface area contributed by atoms with E-state index in [1.807, 2.05) is 6.07 Å². The molecule has 0 N–H and O–H groups in total.